The van der Waals surface area contributed by atoms with Gasteiger partial charge in [-0.25, -0.2) is 9.97 Å². The summed E-state index contributed by atoms with van der Waals surface area (Å²) in [5.74, 6) is 0.730. The van der Waals surface area contributed by atoms with E-state index in [2.05, 4.69) is 28.7 Å². The third-order valence-corrected chi connectivity index (χ3v) is 2.89. The van der Waals surface area contributed by atoms with E-state index in [0.29, 0.717) is 0 Å². The molecule has 2 heterocycles. The minimum Gasteiger partial charge on any atom is -0.287 e. The Kier molecular flexibility index (Phi) is 2.65. The lowest BCUT2D eigenvalue weighted by Crippen LogP contribution is -1.93. The van der Waals surface area contributed by atoms with E-state index in [1.54, 1.807) is 6.20 Å². The fourth-order valence-corrected chi connectivity index (χ4v) is 2.09. The molecular weight excluding hydrogens is 222 g/mol. The molecule has 1 aromatic carbocycles. The zero-order valence-electron chi connectivity index (χ0n) is 9.95. The molecular formula is C15H13N3. The lowest BCUT2D eigenvalue weighted by molar-refractivity contribution is 1.02. The molecule has 0 saturated carbocycles. The fourth-order valence-electron chi connectivity index (χ4n) is 2.09. The van der Waals surface area contributed by atoms with E-state index in [1.807, 2.05) is 40.9 Å². The molecule has 3 heteroatoms. The van der Waals surface area contributed by atoms with Gasteiger partial charge in [-0.15, -0.1) is 6.58 Å². The summed E-state index contributed by atoms with van der Waals surface area (Å²) in [6.07, 6.45) is 6.41. The van der Waals surface area contributed by atoms with Crippen molar-refractivity contribution >= 4 is 5.78 Å². The van der Waals surface area contributed by atoms with Crippen molar-refractivity contribution < 1.29 is 0 Å². The third-order valence-electron chi connectivity index (χ3n) is 2.89. The Labute approximate surface area is 105 Å². The predicted octanol–water partition coefficient (Wildman–Crippen LogP) is 3.12. The molecule has 88 valence electrons. The Morgan fingerprint density at radius 3 is 2.78 bits per heavy atom. The van der Waals surface area contributed by atoms with E-state index in [9.17, 15) is 0 Å². The van der Waals surface area contributed by atoms with Crippen molar-refractivity contribution in [2.75, 3.05) is 0 Å². The summed E-state index contributed by atoms with van der Waals surface area (Å²) < 4.78 is 2.02. The molecule has 0 aliphatic heterocycles. The van der Waals surface area contributed by atoms with Gasteiger partial charge in [-0.1, -0.05) is 36.4 Å². The average Bonchev–Trinajstić information content (AvgIpc) is 2.80. The highest BCUT2D eigenvalue weighted by Gasteiger charge is 2.12. The lowest BCUT2D eigenvalue weighted by Gasteiger charge is -2.01. The van der Waals surface area contributed by atoms with Gasteiger partial charge in [0.2, 0.25) is 5.78 Å². The van der Waals surface area contributed by atoms with E-state index in [-0.39, 0.29) is 0 Å². The number of hydrogen-bond donors (Lipinski definition) is 0. The first kappa shape index (κ1) is 10.7. The molecule has 0 amide bonds. The van der Waals surface area contributed by atoms with Crippen molar-refractivity contribution in [3.8, 4) is 11.3 Å². The van der Waals surface area contributed by atoms with Crippen LogP contribution in [-0.2, 0) is 6.42 Å². The fraction of sp³-hybridized carbons (Fsp3) is 0.0667. The van der Waals surface area contributed by atoms with Crippen LogP contribution in [0.4, 0.5) is 0 Å². The highest BCUT2D eigenvalue weighted by atomic mass is 15.1. The molecule has 0 spiro atoms. The van der Waals surface area contributed by atoms with Gasteiger partial charge in [-0.2, -0.15) is 0 Å². The number of hydrogen-bond acceptors (Lipinski definition) is 2. The van der Waals surface area contributed by atoms with Gasteiger partial charge in [-0.3, -0.25) is 4.40 Å². The molecule has 0 aliphatic rings. The Morgan fingerprint density at radius 2 is 2.00 bits per heavy atom. The minimum atomic E-state index is 0.730. The third kappa shape index (κ3) is 1.70. The number of aromatic nitrogens is 3. The number of imidazole rings is 1. The maximum absolute atomic E-state index is 4.61. The highest BCUT2D eigenvalue weighted by Crippen LogP contribution is 2.23. The minimum absolute atomic E-state index is 0.730. The van der Waals surface area contributed by atoms with Gasteiger partial charge in [-0.05, 0) is 6.07 Å². The van der Waals surface area contributed by atoms with Crippen LogP contribution >= 0.6 is 0 Å². The maximum atomic E-state index is 4.61. The van der Waals surface area contributed by atoms with Gasteiger partial charge in [0, 0.05) is 24.4 Å². The summed E-state index contributed by atoms with van der Waals surface area (Å²) in [6, 6.07) is 12.1. The Balaban J connectivity index is 2.28. The first-order valence-corrected chi connectivity index (χ1v) is 5.88. The molecule has 2 aromatic heterocycles. The number of rotatable bonds is 3. The van der Waals surface area contributed by atoms with Crippen LogP contribution in [0.2, 0.25) is 0 Å². The SMILES string of the molecule is C=CCc1c(-c2ccccc2)nc2ncccn12. The van der Waals surface area contributed by atoms with E-state index >= 15 is 0 Å². The summed E-state index contributed by atoms with van der Waals surface area (Å²) in [5.41, 5.74) is 3.22. The molecule has 3 nitrogen and oxygen atoms in total. The summed E-state index contributed by atoms with van der Waals surface area (Å²) in [4.78, 5) is 8.89. The van der Waals surface area contributed by atoms with E-state index in [4.69, 9.17) is 0 Å². The molecule has 0 aliphatic carbocycles. The zero-order chi connectivity index (χ0) is 12.4. The normalized spacial score (nSPS) is 10.7. The topological polar surface area (TPSA) is 30.2 Å². The molecule has 0 saturated heterocycles. The highest BCUT2D eigenvalue weighted by molar-refractivity contribution is 5.65. The van der Waals surface area contributed by atoms with E-state index in [0.717, 1.165) is 29.1 Å². The number of nitrogens with zero attached hydrogens (tertiary/aromatic N) is 3. The van der Waals surface area contributed by atoms with Crippen LogP contribution in [0.25, 0.3) is 17.0 Å². The molecule has 18 heavy (non-hydrogen) atoms. The Bertz CT molecular complexity index is 683. The zero-order valence-corrected chi connectivity index (χ0v) is 9.95. The molecule has 0 N–H and O–H groups in total. The lowest BCUT2D eigenvalue weighted by atomic mass is 10.1. The first-order chi connectivity index (χ1) is 8.90. The molecule has 0 atom stereocenters. The molecule has 0 bridgehead atoms. The van der Waals surface area contributed by atoms with Gasteiger partial charge in [0.05, 0.1) is 11.4 Å². The summed E-state index contributed by atoms with van der Waals surface area (Å²) in [6.45, 7) is 3.82. The number of allylic oxidation sites excluding steroid dienone is 1. The van der Waals surface area contributed by atoms with Gasteiger partial charge >= 0.3 is 0 Å². The molecule has 0 fully saturated rings. The standard InChI is InChI=1S/C15H13N3/c1-2-7-13-14(12-8-4-3-5-9-12)17-15-16-10-6-11-18(13)15/h2-6,8-11H,1,7H2. The summed E-state index contributed by atoms with van der Waals surface area (Å²) >= 11 is 0. The van der Waals surface area contributed by atoms with Crippen molar-refractivity contribution in [1.82, 2.24) is 14.4 Å². The second-order valence-corrected chi connectivity index (χ2v) is 4.06. The molecule has 3 rings (SSSR count). The first-order valence-electron chi connectivity index (χ1n) is 5.88. The summed E-state index contributed by atoms with van der Waals surface area (Å²) in [5, 5.41) is 0. The smallest absolute Gasteiger partial charge is 0.234 e. The van der Waals surface area contributed by atoms with Gasteiger partial charge < -0.3 is 0 Å². The van der Waals surface area contributed by atoms with Gasteiger partial charge in [0.1, 0.15) is 0 Å². The van der Waals surface area contributed by atoms with Crippen molar-refractivity contribution in [3.63, 3.8) is 0 Å². The van der Waals surface area contributed by atoms with Crippen LogP contribution in [0.3, 0.4) is 0 Å². The van der Waals surface area contributed by atoms with Crippen molar-refractivity contribution in [1.29, 1.82) is 0 Å². The second kappa shape index (κ2) is 4.45. The molecule has 0 radical (unpaired) electrons. The Morgan fingerprint density at radius 1 is 1.17 bits per heavy atom. The molecule has 0 unspecified atom stereocenters. The second-order valence-electron chi connectivity index (χ2n) is 4.06. The van der Waals surface area contributed by atoms with Crippen molar-refractivity contribution in [2.45, 2.75) is 6.42 Å². The van der Waals surface area contributed by atoms with Crippen LogP contribution in [0, 0.1) is 0 Å². The monoisotopic (exact) mass is 235 g/mol. The Hall–Kier alpha value is -2.42. The number of fused-ring (bicyclic) bond motifs is 1. The van der Waals surface area contributed by atoms with Gasteiger partial charge in [0.15, 0.2) is 0 Å². The van der Waals surface area contributed by atoms with Crippen LogP contribution in [-0.4, -0.2) is 14.4 Å². The summed E-state index contributed by atoms with van der Waals surface area (Å²) in [7, 11) is 0. The largest absolute Gasteiger partial charge is 0.287 e. The van der Waals surface area contributed by atoms with Crippen LogP contribution in [0.15, 0.2) is 61.4 Å². The van der Waals surface area contributed by atoms with E-state index < -0.39 is 0 Å². The quantitative estimate of drug-likeness (QED) is 0.653. The number of benzene rings is 1. The van der Waals surface area contributed by atoms with Crippen molar-refractivity contribution in [3.05, 3.63) is 67.1 Å². The molecule has 3 aromatic rings. The predicted molar refractivity (Wildman–Crippen MR) is 72.3 cm³/mol. The van der Waals surface area contributed by atoms with Gasteiger partial charge in [0.25, 0.3) is 0 Å². The van der Waals surface area contributed by atoms with Crippen molar-refractivity contribution in [2.24, 2.45) is 0 Å². The van der Waals surface area contributed by atoms with Crippen LogP contribution < -0.4 is 0 Å². The van der Waals surface area contributed by atoms with Crippen LogP contribution in [0.1, 0.15) is 5.69 Å². The van der Waals surface area contributed by atoms with Crippen LogP contribution in [0.5, 0.6) is 0 Å². The van der Waals surface area contributed by atoms with E-state index in [1.165, 1.54) is 0 Å². The maximum Gasteiger partial charge on any atom is 0.234 e. The average molecular weight is 235 g/mol.